The number of nitrogens with one attached hydrogen (secondary N) is 1. The standard InChI is InChI=1S/C9H14N2.ClH/c1-3-5-6-8-7-10-9(4-2)11-8;/h4,7H,2-3,5-6H2,1H3,(H,10,11);1H. The van der Waals surface area contributed by atoms with Crippen molar-refractivity contribution in [1.82, 2.24) is 9.97 Å². The van der Waals surface area contributed by atoms with Crippen molar-refractivity contribution in [2.24, 2.45) is 0 Å². The molecule has 1 heterocycles. The average Bonchev–Trinajstić information content (AvgIpc) is 2.48. The lowest BCUT2D eigenvalue weighted by molar-refractivity contribution is 0.780. The summed E-state index contributed by atoms with van der Waals surface area (Å²) in [6.07, 6.45) is 7.15. The predicted molar refractivity (Wildman–Crippen MR) is 54.5 cm³/mol. The number of aromatic nitrogens is 2. The van der Waals surface area contributed by atoms with Gasteiger partial charge in [0, 0.05) is 11.9 Å². The first-order valence-electron chi connectivity index (χ1n) is 4.03. The second-order valence-corrected chi connectivity index (χ2v) is 2.60. The molecule has 0 aromatic carbocycles. The third kappa shape index (κ3) is 3.09. The highest BCUT2D eigenvalue weighted by atomic mass is 35.5. The molecule has 0 amide bonds. The minimum Gasteiger partial charge on any atom is -0.342 e. The lowest BCUT2D eigenvalue weighted by atomic mass is 10.2. The zero-order valence-electron chi connectivity index (χ0n) is 7.34. The van der Waals surface area contributed by atoms with Gasteiger partial charge in [-0.15, -0.1) is 12.4 Å². The Kier molecular flexibility index (Phi) is 5.47. The van der Waals surface area contributed by atoms with Gasteiger partial charge in [0.05, 0.1) is 0 Å². The zero-order chi connectivity index (χ0) is 8.10. The molecule has 2 nitrogen and oxygen atoms in total. The van der Waals surface area contributed by atoms with Crippen molar-refractivity contribution in [3.8, 4) is 0 Å². The summed E-state index contributed by atoms with van der Waals surface area (Å²) in [7, 11) is 0. The van der Waals surface area contributed by atoms with E-state index in [2.05, 4.69) is 23.5 Å². The quantitative estimate of drug-likeness (QED) is 0.770. The van der Waals surface area contributed by atoms with E-state index in [1.807, 2.05) is 6.20 Å². The maximum atomic E-state index is 4.11. The first-order valence-corrected chi connectivity index (χ1v) is 4.03. The van der Waals surface area contributed by atoms with E-state index in [1.165, 1.54) is 18.5 Å². The van der Waals surface area contributed by atoms with Gasteiger partial charge in [-0.3, -0.25) is 0 Å². The molecule has 0 unspecified atom stereocenters. The van der Waals surface area contributed by atoms with Crippen LogP contribution in [0.25, 0.3) is 6.08 Å². The van der Waals surface area contributed by atoms with Gasteiger partial charge in [-0.25, -0.2) is 4.98 Å². The number of nitrogens with zero attached hydrogens (tertiary/aromatic N) is 1. The Hall–Kier alpha value is -0.760. The molecular formula is C9H15ClN2. The maximum absolute atomic E-state index is 4.11. The summed E-state index contributed by atoms with van der Waals surface area (Å²) in [4.78, 5) is 7.28. The van der Waals surface area contributed by atoms with Crippen LogP contribution in [0.3, 0.4) is 0 Å². The number of halogens is 1. The van der Waals surface area contributed by atoms with Gasteiger partial charge in [0.25, 0.3) is 0 Å². The van der Waals surface area contributed by atoms with Crippen LogP contribution in [0.5, 0.6) is 0 Å². The Labute approximate surface area is 79.5 Å². The van der Waals surface area contributed by atoms with Crippen LogP contribution in [-0.2, 0) is 6.42 Å². The SMILES string of the molecule is C=Cc1ncc(CCCC)[nH]1.Cl. The fourth-order valence-corrected chi connectivity index (χ4v) is 0.975. The topological polar surface area (TPSA) is 28.7 Å². The predicted octanol–water partition coefficient (Wildman–Crippen LogP) is 2.82. The fourth-order valence-electron chi connectivity index (χ4n) is 0.975. The summed E-state index contributed by atoms with van der Waals surface area (Å²) in [5.74, 6) is 0.871. The van der Waals surface area contributed by atoms with Gasteiger partial charge in [-0.05, 0) is 18.9 Å². The van der Waals surface area contributed by atoms with Crippen LogP contribution in [0.15, 0.2) is 12.8 Å². The van der Waals surface area contributed by atoms with Crippen LogP contribution in [0, 0.1) is 0 Å². The molecule has 0 aliphatic carbocycles. The minimum absolute atomic E-state index is 0. The highest BCUT2D eigenvalue weighted by molar-refractivity contribution is 5.85. The van der Waals surface area contributed by atoms with Gasteiger partial charge in [-0.1, -0.05) is 19.9 Å². The Morgan fingerprint density at radius 3 is 2.92 bits per heavy atom. The summed E-state index contributed by atoms with van der Waals surface area (Å²) < 4.78 is 0. The highest BCUT2D eigenvalue weighted by Crippen LogP contribution is 2.02. The van der Waals surface area contributed by atoms with Crippen molar-refractivity contribution < 1.29 is 0 Å². The summed E-state index contributed by atoms with van der Waals surface area (Å²) in [5, 5.41) is 0. The molecule has 0 radical (unpaired) electrons. The van der Waals surface area contributed by atoms with Crippen LogP contribution in [-0.4, -0.2) is 9.97 Å². The van der Waals surface area contributed by atoms with Crippen LogP contribution in [0.2, 0.25) is 0 Å². The number of aromatic amines is 1. The third-order valence-electron chi connectivity index (χ3n) is 1.64. The number of aryl methyl sites for hydroxylation is 1. The van der Waals surface area contributed by atoms with Crippen LogP contribution >= 0.6 is 12.4 Å². The molecule has 12 heavy (non-hydrogen) atoms. The molecular weight excluding hydrogens is 172 g/mol. The zero-order valence-corrected chi connectivity index (χ0v) is 8.16. The van der Waals surface area contributed by atoms with E-state index in [-0.39, 0.29) is 12.4 Å². The van der Waals surface area contributed by atoms with E-state index in [0.29, 0.717) is 0 Å². The second-order valence-electron chi connectivity index (χ2n) is 2.60. The summed E-state index contributed by atoms with van der Waals surface area (Å²) in [6, 6.07) is 0. The Bertz CT molecular complexity index is 230. The van der Waals surface area contributed by atoms with Crippen molar-refractivity contribution in [2.45, 2.75) is 26.2 Å². The average molecular weight is 187 g/mol. The van der Waals surface area contributed by atoms with E-state index < -0.39 is 0 Å². The molecule has 1 N–H and O–H groups in total. The van der Waals surface area contributed by atoms with Crippen LogP contribution in [0.4, 0.5) is 0 Å². The lowest BCUT2D eigenvalue weighted by Crippen LogP contribution is -1.83. The van der Waals surface area contributed by atoms with Crippen LogP contribution in [0.1, 0.15) is 31.3 Å². The summed E-state index contributed by atoms with van der Waals surface area (Å²) in [6.45, 7) is 5.82. The van der Waals surface area contributed by atoms with Crippen molar-refractivity contribution >= 4 is 18.5 Å². The van der Waals surface area contributed by atoms with E-state index >= 15 is 0 Å². The van der Waals surface area contributed by atoms with Gasteiger partial charge in [0.2, 0.25) is 0 Å². The number of H-pyrrole nitrogens is 1. The molecule has 0 aliphatic rings. The molecule has 0 bridgehead atoms. The number of unbranched alkanes of at least 4 members (excludes halogenated alkanes) is 1. The van der Waals surface area contributed by atoms with Gasteiger partial charge < -0.3 is 4.98 Å². The largest absolute Gasteiger partial charge is 0.342 e. The fraction of sp³-hybridized carbons (Fsp3) is 0.444. The molecule has 0 aliphatic heterocycles. The summed E-state index contributed by atoms with van der Waals surface area (Å²) >= 11 is 0. The van der Waals surface area contributed by atoms with Crippen molar-refractivity contribution in [2.75, 3.05) is 0 Å². The molecule has 1 aromatic heterocycles. The molecule has 0 fully saturated rings. The van der Waals surface area contributed by atoms with E-state index in [9.17, 15) is 0 Å². The van der Waals surface area contributed by atoms with Gasteiger partial charge in [-0.2, -0.15) is 0 Å². The van der Waals surface area contributed by atoms with Crippen LogP contribution < -0.4 is 0 Å². The number of imidazole rings is 1. The molecule has 1 rings (SSSR count). The number of hydrogen-bond donors (Lipinski definition) is 1. The van der Waals surface area contributed by atoms with E-state index in [4.69, 9.17) is 0 Å². The second kappa shape index (κ2) is 5.84. The monoisotopic (exact) mass is 186 g/mol. The first kappa shape index (κ1) is 11.2. The normalized spacial score (nSPS) is 9.08. The van der Waals surface area contributed by atoms with Gasteiger partial charge in [0.1, 0.15) is 5.82 Å². The molecule has 0 spiro atoms. The molecule has 1 aromatic rings. The van der Waals surface area contributed by atoms with Crippen molar-refractivity contribution in [3.63, 3.8) is 0 Å². The maximum Gasteiger partial charge on any atom is 0.129 e. The minimum atomic E-state index is 0. The van der Waals surface area contributed by atoms with Crippen molar-refractivity contribution in [3.05, 3.63) is 24.3 Å². The highest BCUT2D eigenvalue weighted by Gasteiger charge is 1.95. The van der Waals surface area contributed by atoms with Gasteiger partial charge in [0.15, 0.2) is 0 Å². The Morgan fingerprint density at radius 1 is 1.67 bits per heavy atom. The van der Waals surface area contributed by atoms with E-state index in [0.717, 1.165) is 12.2 Å². The lowest BCUT2D eigenvalue weighted by Gasteiger charge is -1.91. The molecule has 0 atom stereocenters. The smallest absolute Gasteiger partial charge is 0.129 e. The Morgan fingerprint density at radius 2 is 2.42 bits per heavy atom. The van der Waals surface area contributed by atoms with E-state index in [1.54, 1.807) is 6.08 Å². The first-order chi connectivity index (χ1) is 5.36. The van der Waals surface area contributed by atoms with Gasteiger partial charge >= 0.3 is 0 Å². The molecule has 0 saturated carbocycles. The molecule has 3 heteroatoms. The number of hydrogen-bond acceptors (Lipinski definition) is 1. The summed E-state index contributed by atoms with van der Waals surface area (Å²) in [5.41, 5.74) is 1.21. The third-order valence-corrected chi connectivity index (χ3v) is 1.64. The molecule has 68 valence electrons. The number of rotatable bonds is 4. The molecule has 0 saturated heterocycles. The Balaban J connectivity index is 0.00000121. The van der Waals surface area contributed by atoms with Crippen molar-refractivity contribution in [1.29, 1.82) is 0 Å².